The van der Waals surface area contributed by atoms with Crippen molar-refractivity contribution in [2.24, 2.45) is 7.05 Å². The summed E-state index contributed by atoms with van der Waals surface area (Å²) in [6.45, 7) is 1.24. The Kier molecular flexibility index (Phi) is 4.40. The molecule has 0 aromatic carbocycles. The maximum Gasteiger partial charge on any atom is 0.316 e. The molecule has 1 aliphatic heterocycles. The fourth-order valence-electron chi connectivity index (χ4n) is 2.61. The molecule has 1 aliphatic rings. The first-order valence-electron chi connectivity index (χ1n) is 7.48. The fourth-order valence-corrected chi connectivity index (χ4v) is 2.61. The van der Waals surface area contributed by atoms with Crippen molar-refractivity contribution in [3.8, 4) is 11.9 Å². The maximum atomic E-state index is 12.6. The molecule has 8 heteroatoms. The van der Waals surface area contributed by atoms with Gasteiger partial charge in [0.1, 0.15) is 11.7 Å². The number of amides is 1. The van der Waals surface area contributed by atoms with Crippen molar-refractivity contribution in [3.05, 3.63) is 30.2 Å². The Morgan fingerprint density at radius 1 is 1.26 bits per heavy atom. The van der Waals surface area contributed by atoms with Crippen LogP contribution in [0.4, 0.5) is 0 Å². The lowest BCUT2D eigenvalue weighted by molar-refractivity contribution is 0.0576. The molecule has 1 saturated heterocycles. The molecule has 1 amide bonds. The molecule has 0 N–H and O–H groups in total. The molecule has 0 saturated carbocycles. The van der Waals surface area contributed by atoms with Gasteiger partial charge in [-0.1, -0.05) is 0 Å². The summed E-state index contributed by atoms with van der Waals surface area (Å²) in [6.07, 6.45) is 6.49. The number of likely N-dealkylation sites (tertiary alicyclic amines) is 1. The molecule has 1 fully saturated rings. The fraction of sp³-hybridized carbons (Fsp3) is 0.467. The highest BCUT2D eigenvalue weighted by molar-refractivity contribution is 5.96. The molecule has 0 bridgehead atoms. The summed E-state index contributed by atoms with van der Waals surface area (Å²) in [5.41, 5.74) is 0.487. The van der Waals surface area contributed by atoms with Gasteiger partial charge in [-0.05, 0) is 6.07 Å². The zero-order chi connectivity index (χ0) is 16.2. The number of hydrogen-bond donors (Lipinski definition) is 0. The predicted molar refractivity (Wildman–Crippen MR) is 81.3 cm³/mol. The summed E-state index contributed by atoms with van der Waals surface area (Å²) in [7, 11) is 3.28. The van der Waals surface area contributed by atoms with E-state index in [1.54, 1.807) is 41.3 Å². The average molecular weight is 317 g/mol. The number of ether oxygens (including phenoxy) is 2. The minimum Gasteiger partial charge on any atom is -0.479 e. The summed E-state index contributed by atoms with van der Waals surface area (Å²) in [6, 6.07) is 2.13. The Hall–Kier alpha value is -2.64. The van der Waals surface area contributed by atoms with Crippen molar-refractivity contribution in [2.45, 2.75) is 18.9 Å². The molecule has 23 heavy (non-hydrogen) atoms. The number of rotatable bonds is 4. The third-order valence-corrected chi connectivity index (χ3v) is 3.76. The van der Waals surface area contributed by atoms with E-state index >= 15 is 0 Å². The van der Waals surface area contributed by atoms with Crippen molar-refractivity contribution < 1.29 is 14.3 Å². The Morgan fingerprint density at radius 2 is 1.96 bits per heavy atom. The second-order valence-corrected chi connectivity index (χ2v) is 5.37. The third-order valence-electron chi connectivity index (χ3n) is 3.76. The van der Waals surface area contributed by atoms with E-state index in [0.29, 0.717) is 30.5 Å². The van der Waals surface area contributed by atoms with Crippen LogP contribution in [0.2, 0.25) is 0 Å². The number of hydrogen-bond acceptors (Lipinski definition) is 6. The van der Waals surface area contributed by atoms with Crippen molar-refractivity contribution in [2.75, 3.05) is 20.2 Å². The molecule has 0 aliphatic carbocycles. The normalized spacial score (nSPS) is 15.5. The number of aromatic nitrogens is 4. The van der Waals surface area contributed by atoms with Gasteiger partial charge in [0.15, 0.2) is 0 Å². The molecule has 3 heterocycles. The van der Waals surface area contributed by atoms with Crippen LogP contribution in [0.1, 0.15) is 23.2 Å². The average Bonchev–Trinajstić information content (AvgIpc) is 2.97. The minimum atomic E-state index is -0.0654. The van der Waals surface area contributed by atoms with Crippen LogP contribution in [-0.2, 0) is 7.05 Å². The lowest BCUT2D eigenvalue weighted by Gasteiger charge is -2.31. The predicted octanol–water partition coefficient (Wildman–Crippen LogP) is 0.902. The highest BCUT2D eigenvalue weighted by Gasteiger charge is 2.28. The van der Waals surface area contributed by atoms with Crippen molar-refractivity contribution in [1.82, 2.24) is 24.6 Å². The van der Waals surface area contributed by atoms with Crippen molar-refractivity contribution in [1.29, 1.82) is 0 Å². The van der Waals surface area contributed by atoms with Gasteiger partial charge in [-0.15, -0.1) is 5.10 Å². The van der Waals surface area contributed by atoms with Crippen LogP contribution in [0.25, 0.3) is 0 Å². The van der Waals surface area contributed by atoms with Crippen LogP contribution < -0.4 is 9.47 Å². The zero-order valence-electron chi connectivity index (χ0n) is 13.2. The molecule has 2 aromatic heterocycles. The number of carbonyl (C=O) groups is 1. The summed E-state index contributed by atoms with van der Waals surface area (Å²) < 4.78 is 12.5. The Bertz CT molecular complexity index is 665. The van der Waals surface area contributed by atoms with E-state index in [-0.39, 0.29) is 12.0 Å². The molecule has 8 nitrogen and oxygen atoms in total. The van der Waals surface area contributed by atoms with E-state index in [2.05, 4.69) is 15.1 Å². The van der Waals surface area contributed by atoms with E-state index in [1.807, 2.05) is 0 Å². The highest BCUT2D eigenvalue weighted by Crippen LogP contribution is 2.21. The van der Waals surface area contributed by atoms with Gasteiger partial charge in [0.2, 0.25) is 5.88 Å². The number of nitrogens with zero attached hydrogens (tertiary/aromatic N) is 5. The summed E-state index contributed by atoms with van der Waals surface area (Å²) in [4.78, 5) is 22.5. The first-order valence-corrected chi connectivity index (χ1v) is 7.48. The van der Waals surface area contributed by atoms with E-state index in [1.165, 1.54) is 7.11 Å². The van der Waals surface area contributed by atoms with E-state index in [9.17, 15) is 4.79 Å². The van der Waals surface area contributed by atoms with Crippen LogP contribution in [0.15, 0.2) is 24.7 Å². The summed E-state index contributed by atoms with van der Waals surface area (Å²) in [5, 5.41) is 4.12. The Labute approximate surface area is 134 Å². The molecule has 0 unspecified atom stereocenters. The number of piperidine rings is 1. The maximum absolute atomic E-state index is 12.6. The van der Waals surface area contributed by atoms with Gasteiger partial charge >= 0.3 is 6.01 Å². The van der Waals surface area contributed by atoms with Gasteiger partial charge in [0.05, 0.1) is 7.11 Å². The molecule has 0 radical (unpaired) electrons. The van der Waals surface area contributed by atoms with Gasteiger partial charge in [-0.2, -0.15) is 0 Å². The topological polar surface area (TPSA) is 82.4 Å². The van der Waals surface area contributed by atoms with Gasteiger partial charge < -0.3 is 14.4 Å². The summed E-state index contributed by atoms with van der Waals surface area (Å²) in [5.74, 6) is 0.290. The quantitative estimate of drug-likeness (QED) is 0.833. The first kappa shape index (κ1) is 15.3. The van der Waals surface area contributed by atoms with Crippen molar-refractivity contribution in [3.63, 3.8) is 0 Å². The molecule has 0 atom stereocenters. The number of methoxy groups -OCH3 is 1. The van der Waals surface area contributed by atoms with Crippen molar-refractivity contribution >= 4 is 5.91 Å². The van der Waals surface area contributed by atoms with Gasteiger partial charge in [-0.3, -0.25) is 9.48 Å². The second kappa shape index (κ2) is 6.64. The monoisotopic (exact) mass is 317 g/mol. The molecule has 3 rings (SSSR count). The standard InChI is InChI=1S/C15H19N5O3/c1-19-10-12(13(18-19)22-2)14(21)20-8-4-11(5-9-20)23-15-16-6-3-7-17-15/h3,6-7,10-11H,4-5,8-9H2,1-2H3. The Balaban J connectivity index is 1.59. The van der Waals surface area contributed by atoms with Gasteiger partial charge in [-0.25, -0.2) is 9.97 Å². The van der Waals surface area contributed by atoms with Crippen LogP contribution in [0.5, 0.6) is 11.9 Å². The number of aryl methyl sites for hydroxylation is 1. The molecule has 0 spiro atoms. The van der Waals surface area contributed by atoms with Crippen LogP contribution >= 0.6 is 0 Å². The first-order chi connectivity index (χ1) is 11.2. The van der Waals surface area contributed by atoms with Gasteiger partial charge in [0, 0.05) is 51.6 Å². The van der Waals surface area contributed by atoms with Crippen LogP contribution in [0.3, 0.4) is 0 Å². The SMILES string of the molecule is COc1nn(C)cc1C(=O)N1CCC(Oc2ncccn2)CC1. The third kappa shape index (κ3) is 3.41. The second-order valence-electron chi connectivity index (χ2n) is 5.37. The largest absolute Gasteiger partial charge is 0.479 e. The van der Waals surface area contributed by atoms with Crippen LogP contribution in [0, 0.1) is 0 Å². The molecule has 2 aromatic rings. The summed E-state index contributed by atoms with van der Waals surface area (Å²) >= 11 is 0. The van der Waals surface area contributed by atoms with Crippen LogP contribution in [-0.4, -0.2) is 56.9 Å². The van der Waals surface area contributed by atoms with E-state index in [4.69, 9.17) is 9.47 Å². The minimum absolute atomic E-state index is 0.0252. The molecular weight excluding hydrogens is 298 g/mol. The molecular formula is C15H19N5O3. The zero-order valence-corrected chi connectivity index (χ0v) is 13.2. The highest BCUT2D eigenvalue weighted by atomic mass is 16.5. The van der Waals surface area contributed by atoms with Gasteiger partial charge in [0.25, 0.3) is 5.91 Å². The lowest BCUT2D eigenvalue weighted by atomic mass is 10.1. The smallest absolute Gasteiger partial charge is 0.316 e. The van der Waals surface area contributed by atoms with E-state index in [0.717, 1.165) is 12.8 Å². The Morgan fingerprint density at radius 3 is 2.61 bits per heavy atom. The lowest BCUT2D eigenvalue weighted by Crippen LogP contribution is -2.42. The molecule has 122 valence electrons. The number of carbonyl (C=O) groups excluding carboxylic acids is 1. The van der Waals surface area contributed by atoms with E-state index < -0.39 is 0 Å².